The van der Waals surface area contributed by atoms with Crippen LogP contribution in [0.4, 0.5) is 4.39 Å². The smallest absolute Gasteiger partial charge is 0.289 e. The number of carbonyl (C=O) groups is 1. The van der Waals surface area contributed by atoms with E-state index in [4.69, 9.17) is 4.42 Å². The van der Waals surface area contributed by atoms with Crippen LogP contribution in [0.1, 0.15) is 27.7 Å². The summed E-state index contributed by atoms with van der Waals surface area (Å²) in [7, 11) is 0. The van der Waals surface area contributed by atoms with Gasteiger partial charge in [-0.05, 0) is 30.7 Å². The van der Waals surface area contributed by atoms with Crippen LogP contribution in [-0.2, 0) is 0 Å². The van der Waals surface area contributed by atoms with E-state index in [0.717, 1.165) is 11.1 Å². The van der Waals surface area contributed by atoms with E-state index in [0.29, 0.717) is 25.4 Å². The van der Waals surface area contributed by atoms with E-state index in [-0.39, 0.29) is 17.8 Å². The predicted molar refractivity (Wildman–Crippen MR) is 76.5 cm³/mol. The molecule has 1 aromatic carbocycles. The number of nitrogens with zero attached hydrogens (tertiary/aromatic N) is 1. The molecule has 2 aromatic rings. The summed E-state index contributed by atoms with van der Waals surface area (Å²) in [6.45, 7) is 3.64. The van der Waals surface area contributed by atoms with Crippen molar-refractivity contribution in [3.63, 3.8) is 0 Å². The molecule has 1 atom stereocenters. The molecule has 1 N–H and O–H groups in total. The van der Waals surface area contributed by atoms with Gasteiger partial charge in [0.1, 0.15) is 5.82 Å². The van der Waals surface area contributed by atoms with Gasteiger partial charge in [0.2, 0.25) is 0 Å². The fraction of sp³-hybridized carbons (Fsp3) is 0.312. The summed E-state index contributed by atoms with van der Waals surface area (Å²) in [5.41, 5.74) is 1.68. The number of carbonyl (C=O) groups excluding carboxylic acids is 1. The summed E-state index contributed by atoms with van der Waals surface area (Å²) < 4.78 is 18.6. The largest absolute Gasteiger partial charge is 0.459 e. The number of nitrogens with one attached hydrogen (secondary N) is 1. The Morgan fingerprint density at radius 3 is 3.00 bits per heavy atom. The van der Waals surface area contributed by atoms with Crippen LogP contribution in [0.25, 0.3) is 0 Å². The lowest BCUT2D eigenvalue weighted by molar-refractivity contribution is 0.0669. The van der Waals surface area contributed by atoms with Crippen molar-refractivity contribution in [2.75, 3.05) is 19.6 Å². The third-order valence-corrected chi connectivity index (χ3v) is 3.77. The number of piperazine rings is 1. The highest BCUT2D eigenvalue weighted by Gasteiger charge is 2.27. The molecular weight excluding hydrogens is 271 g/mol. The third kappa shape index (κ3) is 2.83. The Hall–Kier alpha value is -2.14. The van der Waals surface area contributed by atoms with Crippen molar-refractivity contribution in [1.29, 1.82) is 0 Å². The number of hydrogen-bond donors (Lipinski definition) is 1. The fourth-order valence-electron chi connectivity index (χ4n) is 2.62. The Balaban J connectivity index is 1.77. The molecule has 1 fully saturated rings. The Morgan fingerprint density at radius 2 is 2.29 bits per heavy atom. The van der Waals surface area contributed by atoms with Crippen molar-refractivity contribution in [2.45, 2.75) is 13.0 Å². The zero-order chi connectivity index (χ0) is 14.8. The first-order chi connectivity index (χ1) is 10.1. The summed E-state index contributed by atoms with van der Waals surface area (Å²) in [5.74, 6) is 0.00919. The van der Waals surface area contributed by atoms with Crippen molar-refractivity contribution in [2.24, 2.45) is 0 Å². The topological polar surface area (TPSA) is 45.5 Å². The van der Waals surface area contributed by atoms with Crippen LogP contribution in [0.15, 0.2) is 41.0 Å². The van der Waals surface area contributed by atoms with Gasteiger partial charge in [-0.15, -0.1) is 0 Å². The summed E-state index contributed by atoms with van der Waals surface area (Å²) >= 11 is 0. The molecule has 2 heterocycles. The van der Waals surface area contributed by atoms with Gasteiger partial charge in [0, 0.05) is 25.2 Å². The van der Waals surface area contributed by atoms with Gasteiger partial charge in [-0.3, -0.25) is 4.79 Å². The molecule has 0 saturated carbocycles. The van der Waals surface area contributed by atoms with Gasteiger partial charge < -0.3 is 14.6 Å². The minimum absolute atomic E-state index is 0.0614. The zero-order valence-corrected chi connectivity index (χ0v) is 11.8. The van der Waals surface area contributed by atoms with E-state index >= 15 is 0 Å². The van der Waals surface area contributed by atoms with Crippen molar-refractivity contribution < 1.29 is 13.6 Å². The van der Waals surface area contributed by atoms with Gasteiger partial charge in [0.05, 0.1) is 12.3 Å². The number of furan rings is 1. The summed E-state index contributed by atoms with van der Waals surface area (Å²) in [6.07, 6.45) is 1.52. The van der Waals surface area contributed by atoms with E-state index in [2.05, 4.69) is 5.32 Å². The molecule has 5 heteroatoms. The second-order valence-corrected chi connectivity index (χ2v) is 5.25. The highest BCUT2D eigenvalue weighted by molar-refractivity contribution is 5.93. The minimum Gasteiger partial charge on any atom is -0.459 e. The van der Waals surface area contributed by atoms with Crippen LogP contribution in [0.2, 0.25) is 0 Å². The average Bonchev–Trinajstić information content (AvgIpc) is 2.93. The standard InChI is InChI=1S/C16H17FN2O2/c1-11-5-8-21-15(11)16(20)19-7-6-18-14(10-19)12-3-2-4-13(17)9-12/h2-5,8-9,14,18H,6-7,10H2,1H3/t14-/m0/s1. The first kappa shape index (κ1) is 13.8. The maximum absolute atomic E-state index is 13.3. The molecule has 0 unspecified atom stereocenters. The lowest BCUT2D eigenvalue weighted by Crippen LogP contribution is -2.48. The normalized spacial score (nSPS) is 18.8. The molecule has 0 radical (unpaired) electrons. The van der Waals surface area contributed by atoms with E-state index in [1.165, 1.54) is 18.4 Å². The molecule has 0 spiro atoms. The molecule has 1 aliphatic heterocycles. The average molecular weight is 288 g/mol. The first-order valence-corrected chi connectivity index (χ1v) is 6.97. The Bertz CT molecular complexity index is 653. The highest BCUT2D eigenvalue weighted by atomic mass is 19.1. The van der Waals surface area contributed by atoms with Crippen molar-refractivity contribution in [3.05, 3.63) is 59.3 Å². The number of benzene rings is 1. The Labute approximate surface area is 122 Å². The van der Waals surface area contributed by atoms with Gasteiger partial charge >= 0.3 is 0 Å². The molecule has 1 amide bonds. The van der Waals surface area contributed by atoms with Gasteiger partial charge in [-0.2, -0.15) is 0 Å². The number of hydrogen-bond acceptors (Lipinski definition) is 3. The molecule has 4 nitrogen and oxygen atoms in total. The van der Waals surface area contributed by atoms with Gasteiger partial charge in [-0.1, -0.05) is 12.1 Å². The van der Waals surface area contributed by atoms with Crippen LogP contribution in [0.3, 0.4) is 0 Å². The van der Waals surface area contributed by atoms with Gasteiger partial charge in [0.15, 0.2) is 5.76 Å². The predicted octanol–water partition coefficient (Wildman–Crippen LogP) is 2.51. The second kappa shape index (κ2) is 5.69. The van der Waals surface area contributed by atoms with E-state index < -0.39 is 0 Å². The van der Waals surface area contributed by atoms with Crippen molar-refractivity contribution >= 4 is 5.91 Å². The molecule has 1 aromatic heterocycles. The molecule has 0 bridgehead atoms. The van der Waals surface area contributed by atoms with Gasteiger partial charge in [0.25, 0.3) is 5.91 Å². The van der Waals surface area contributed by atoms with Crippen LogP contribution in [0, 0.1) is 12.7 Å². The van der Waals surface area contributed by atoms with E-state index in [9.17, 15) is 9.18 Å². The molecule has 110 valence electrons. The zero-order valence-electron chi connectivity index (χ0n) is 11.8. The SMILES string of the molecule is Cc1ccoc1C(=O)N1CCN[C@H](c2cccc(F)c2)C1. The molecular formula is C16H17FN2O2. The molecule has 1 aliphatic rings. The second-order valence-electron chi connectivity index (χ2n) is 5.25. The lowest BCUT2D eigenvalue weighted by atomic mass is 10.0. The van der Waals surface area contributed by atoms with Crippen LogP contribution < -0.4 is 5.32 Å². The van der Waals surface area contributed by atoms with Crippen LogP contribution >= 0.6 is 0 Å². The van der Waals surface area contributed by atoms with Crippen molar-refractivity contribution in [3.8, 4) is 0 Å². The number of halogens is 1. The molecule has 1 saturated heterocycles. The number of aryl methyl sites for hydroxylation is 1. The molecule has 21 heavy (non-hydrogen) atoms. The lowest BCUT2D eigenvalue weighted by Gasteiger charge is -2.33. The molecule has 3 rings (SSSR count). The van der Waals surface area contributed by atoms with Gasteiger partial charge in [-0.25, -0.2) is 4.39 Å². The van der Waals surface area contributed by atoms with Crippen LogP contribution in [-0.4, -0.2) is 30.4 Å². The Kier molecular flexibility index (Phi) is 3.75. The molecule has 0 aliphatic carbocycles. The van der Waals surface area contributed by atoms with Crippen molar-refractivity contribution in [1.82, 2.24) is 10.2 Å². The number of amides is 1. The monoisotopic (exact) mass is 288 g/mol. The third-order valence-electron chi connectivity index (χ3n) is 3.77. The number of rotatable bonds is 2. The summed E-state index contributed by atoms with van der Waals surface area (Å²) in [6, 6.07) is 8.19. The van der Waals surface area contributed by atoms with E-state index in [1.54, 1.807) is 17.0 Å². The highest BCUT2D eigenvalue weighted by Crippen LogP contribution is 2.20. The Morgan fingerprint density at radius 1 is 1.43 bits per heavy atom. The van der Waals surface area contributed by atoms with E-state index in [1.807, 2.05) is 13.0 Å². The van der Waals surface area contributed by atoms with Crippen LogP contribution in [0.5, 0.6) is 0 Å². The maximum atomic E-state index is 13.3. The minimum atomic E-state index is -0.264. The maximum Gasteiger partial charge on any atom is 0.289 e. The fourth-order valence-corrected chi connectivity index (χ4v) is 2.62. The summed E-state index contributed by atoms with van der Waals surface area (Å²) in [5, 5.41) is 3.32. The first-order valence-electron chi connectivity index (χ1n) is 6.97. The summed E-state index contributed by atoms with van der Waals surface area (Å²) in [4.78, 5) is 14.2. The quantitative estimate of drug-likeness (QED) is 0.923.